The number of halogens is 1. The summed E-state index contributed by atoms with van der Waals surface area (Å²) in [6, 6.07) is 6.25. The van der Waals surface area contributed by atoms with Gasteiger partial charge in [-0.1, -0.05) is 23.2 Å². The molecule has 1 heterocycles. The van der Waals surface area contributed by atoms with Crippen molar-refractivity contribution in [1.29, 1.82) is 0 Å². The first-order valence-electron chi connectivity index (χ1n) is 6.43. The standard InChI is InChI=1S/C15H15ClN2O/c1-8-5-9(2)13-10(6-8)7-12(14(16)18-13)15(19)17-11-3-4-11/h5-7,11H,3-4H2,1-2H3,(H,17,19). The van der Waals surface area contributed by atoms with Crippen LogP contribution in [-0.2, 0) is 0 Å². The fourth-order valence-electron chi connectivity index (χ4n) is 2.28. The second-order valence-electron chi connectivity index (χ2n) is 5.23. The third-order valence-corrected chi connectivity index (χ3v) is 3.65. The molecule has 1 saturated carbocycles. The Labute approximate surface area is 117 Å². The predicted molar refractivity (Wildman–Crippen MR) is 76.7 cm³/mol. The zero-order valence-corrected chi connectivity index (χ0v) is 11.7. The van der Waals surface area contributed by atoms with Crippen molar-refractivity contribution in [2.24, 2.45) is 0 Å². The van der Waals surface area contributed by atoms with Crippen molar-refractivity contribution < 1.29 is 4.79 Å². The van der Waals surface area contributed by atoms with Gasteiger partial charge in [-0.15, -0.1) is 0 Å². The summed E-state index contributed by atoms with van der Waals surface area (Å²) in [5, 5.41) is 4.18. The lowest BCUT2D eigenvalue weighted by atomic mass is 10.1. The molecule has 0 atom stereocenters. The summed E-state index contributed by atoms with van der Waals surface area (Å²) in [5.41, 5.74) is 3.55. The highest BCUT2D eigenvalue weighted by atomic mass is 35.5. The topological polar surface area (TPSA) is 42.0 Å². The van der Waals surface area contributed by atoms with Crippen molar-refractivity contribution in [1.82, 2.24) is 10.3 Å². The van der Waals surface area contributed by atoms with Crippen molar-refractivity contribution in [2.75, 3.05) is 0 Å². The molecule has 1 aliphatic rings. The number of carbonyl (C=O) groups excluding carboxylic acids is 1. The van der Waals surface area contributed by atoms with E-state index in [1.54, 1.807) is 0 Å². The Morgan fingerprint density at radius 1 is 1.32 bits per heavy atom. The first kappa shape index (κ1) is 12.4. The smallest absolute Gasteiger partial charge is 0.254 e. The molecule has 0 unspecified atom stereocenters. The van der Waals surface area contributed by atoms with Crippen LogP contribution in [0.3, 0.4) is 0 Å². The summed E-state index contributed by atoms with van der Waals surface area (Å²) in [7, 11) is 0. The summed E-state index contributed by atoms with van der Waals surface area (Å²) in [5.74, 6) is -0.124. The van der Waals surface area contributed by atoms with Crippen molar-refractivity contribution in [3.63, 3.8) is 0 Å². The van der Waals surface area contributed by atoms with Gasteiger partial charge in [0, 0.05) is 11.4 Å². The molecular weight excluding hydrogens is 260 g/mol. The average Bonchev–Trinajstić information content (AvgIpc) is 3.13. The Balaban J connectivity index is 2.09. The van der Waals surface area contributed by atoms with Crippen LogP contribution in [0.5, 0.6) is 0 Å². The highest BCUT2D eigenvalue weighted by Gasteiger charge is 2.25. The van der Waals surface area contributed by atoms with Crippen LogP contribution >= 0.6 is 11.6 Å². The molecule has 1 aliphatic carbocycles. The number of benzene rings is 1. The second kappa shape index (κ2) is 4.49. The number of nitrogens with zero attached hydrogens (tertiary/aromatic N) is 1. The van der Waals surface area contributed by atoms with Crippen LogP contribution in [0.15, 0.2) is 18.2 Å². The van der Waals surface area contributed by atoms with Crippen LogP contribution in [-0.4, -0.2) is 16.9 Å². The first-order valence-corrected chi connectivity index (χ1v) is 6.81. The molecular formula is C15H15ClN2O. The quantitative estimate of drug-likeness (QED) is 0.853. The molecule has 98 valence electrons. The van der Waals surface area contributed by atoms with Gasteiger partial charge in [0.1, 0.15) is 5.15 Å². The molecule has 1 amide bonds. The van der Waals surface area contributed by atoms with Crippen molar-refractivity contribution in [3.05, 3.63) is 40.0 Å². The van der Waals surface area contributed by atoms with Crippen LogP contribution in [0.2, 0.25) is 5.15 Å². The first-order chi connectivity index (χ1) is 9.04. The van der Waals surface area contributed by atoms with Gasteiger partial charge in [-0.3, -0.25) is 4.79 Å². The van der Waals surface area contributed by atoms with E-state index in [0.29, 0.717) is 11.6 Å². The number of rotatable bonds is 2. The van der Waals surface area contributed by atoms with Gasteiger partial charge in [-0.2, -0.15) is 0 Å². The highest BCUT2D eigenvalue weighted by Crippen LogP contribution is 2.25. The lowest BCUT2D eigenvalue weighted by Crippen LogP contribution is -2.25. The minimum absolute atomic E-state index is 0.124. The molecule has 0 bridgehead atoms. The number of hydrogen-bond acceptors (Lipinski definition) is 2. The van der Waals surface area contributed by atoms with Gasteiger partial charge in [0.15, 0.2) is 0 Å². The van der Waals surface area contributed by atoms with Crippen molar-refractivity contribution >= 4 is 28.4 Å². The lowest BCUT2D eigenvalue weighted by Gasteiger charge is -2.09. The van der Waals surface area contributed by atoms with Crippen LogP contribution in [0.1, 0.15) is 34.3 Å². The number of hydrogen-bond donors (Lipinski definition) is 1. The molecule has 4 heteroatoms. The molecule has 1 aromatic heterocycles. The van der Waals surface area contributed by atoms with Crippen LogP contribution < -0.4 is 5.32 Å². The monoisotopic (exact) mass is 274 g/mol. The van der Waals surface area contributed by atoms with Crippen LogP contribution in [0, 0.1) is 13.8 Å². The Bertz CT molecular complexity index is 677. The van der Waals surface area contributed by atoms with E-state index >= 15 is 0 Å². The number of aromatic nitrogens is 1. The van der Waals surface area contributed by atoms with Gasteiger partial charge >= 0.3 is 0 Å². The third kappa shape index (κ3) is 2.43. The molecule has 0 aliphatic heterocycles. The molecule has 3 rings (SSSR count). The van der Waals surface area contributed by atoms with E-state index in [1.807, 2.05) is 26.0 Å². The zero-order chi connectivity index (χ0) is 13.6. The summed E-state index contributed by atoms with van der Waals surface area (Å²) in [6.07, 6.45) is 2.12. The van der Waals surface area contributed by atoms with E-state index in [-0.39, 0.29) is 11.1 Å². The van der Waals surface area contributed by atoms with E-state index in [2.05, 4.69) is 16.4 Å². The van der Waals surface area contributed by atoms with Gasteiger partial charge < -0.3 is 5.32 Å². The summed E-state index contributed by atoms with van der Waals surface area (Å²) < 4.78 is 0. The molecule has 0 spiro atoms. The Morgan fingerprint density at radius 2 is 2.05 bits per heavy atom. The maximum absolute atomic E-state index is 12.1. The van der Waals surface area contributed by atoms with Gasteiger partial charge in [0.05, 0.1) is 11.1 Å². The maximum Gasteiger partial charge on any atom is 0.254 e. The fourth-order valence-corrected chi connectivity index (χ4v) is 2.50. The number of aryl methyl sites for hydroxylation is 2. The Morgan fingerprint density at radius 3 is 2.74 bits per heavy atom. The largest absolute Gasteiger partial charge is 0.349 e. The summed E-state index contributed by atoms with van der Waals surface area (Å²) in [4.78, 5) is 16.5. The molecule has 3 nitrogen and oxygen atoms in total. The molecule has 1 aromatic carbocycles. The normalized spacial score (nSPS) is 14.7. The van der Waals surface area contributed by atoms with Gasteiger partial charge in [0.2, 0.25) is 0 Å². The van der Waals surface area contributed by atoms with E-state index in [0.717, 1.165) is 34.9 Å². The molecule has 0 radical (unpaired) electrons. The number of nitrogens with one attached hydrogen (secondary N) is 1. The molecule has 2 aromatic rings. The van der Waals surface area contributed by atoms with Gasteiger partial charge in [-0.05, 0) is 44.4 Å². The fraction of sp³-hybridized carbons (Fsp3) is 0.333. The van der Waals surface area contributed by atoms with Crippen LogP contribution in [0.25, 0.3) is 10.9 Å². The Hall–Kier alpha value is -1.61. The zero-order valence-electron chi connectivity index (χ0n) is 11.0. The molecule has 1 fully saturated rings. The van der Waals surface area contributed by atoms with E-state index in [1.165, 1.54) is 0 Å². The minimum Gasteiger partial charge on any atom is -0.349 e. The van der Waals surface area contributed by atoms with Gasteiger partial charge in [-0.25, -0.2) is 4.98 Å². The number of pyridine rings is 1. The number of amides is 1. The van der Waals surface area contributed by atoms with E-state index < -0.39 is 0 Å². The van der Waals surface area contributed by atoms with Gasteiger partial charge in [0.25, 0.3) is 5.91 Å². The third-order valence-electron chi connectivity index (χ3n) is 3.36. The van der Waals surface area contributed by atoms with Crippen molar-refractivity contribution in [2.45, 2.75) is 32.7 Å². The SMILES string of the molecule is Cc1cc(C)c2nc(Cl)c(C(=O)NC3CC3)cc2c1. The van der Waals surface area contributed by atoms with Crippen molar-refractivity contribution in [3.8, 4) is 0 Å². The highest BCUT2D eigenvalue weighted by molar-refractivity contribution is 6.33. The van der Waals surface area contributed by atoms with Crippen LogP contribution in [0.4, 0.5) is 0 Å². The predicted octanol–water partition coefficient (Wildman–Crippen LogP) is 3.40. The maximum atomic E-state index is 12.1. The lowest BCUT2D eigenvalue weighted by molar-refractivity contribution is 0.0951. The molecule has 19 heavy (non-hydrogen) atoms. The Kier molecular flexibility index (Phi) is 2.94. The number of fused-ring (bicyclic) bond motifs is 1. The summed E-state index contributed by atoms with van der Waals surface area (Å²) >= 11 is 6.14. The second-order valence-corrected chi connectivity index (χ2v) is 5.59. The molecule has 0 saturated heterocycles. The average molecular weight is 275 g/mol. The number of carbonyl (C=O) groups is 1. The minimum atomic E-state index is -0.124. The van der Waals surface area contributed by atoms with E-state index in [4.69, 9.17) is 11.6 Å². The van der Waals surface area contributed by atoms with E-state index in [9.17, 15) is 4.79 Å². The molecule has 1 N–H and O–H groups in total. The summed E-state index contributed by atoms with van der Waals surface area (Å²) in [6.45, 7) is 4.04.